The number of amides is 1. The second kappa shape index (κ2) is 10.7. The van der Waals surface area contributed by atoms with E-state index >= 15 is 0 Å². The Balaban J connectivity index is 1.39. The van der Waals surface area contributed by atoms with Gasteiger partial charge in [-0.2, -0.15) is 0 Å². The summed E-state index contributed by atoms with van der Waals surface area (Å²) in [5.41, 5.74) is 3.21. The molecule has 0 aliphatic heterocycles. The Hall–Kier alpha value is -3.48. The molecule has 160 valence electrons. The van der Waals surface area contributed by atoms with Gasteiger partial charge in [-0.25, -0.2) is 0 Å². The Morgan fingerprint density at radius 2 is 1.47 bits per heavy atom. The number of carbonyl (C=O) groups excluding carboxylic acids is 1. The van der Waals surface area contributed by atoms with E-state index in [0.29, 0.717) is 21.8 Å². The van der Waals surface area contributed by atoms with E-state index in [1.807, 2.05) is 54.6 Å². The van der Waals surface area contributed by atoms with Crippen LogP contribution in [-0.2, 0) is 4.79 Å². The van der Waals surface area contributed by atoms with Crippen molar-refractivity contribution in [3.05, 3.63) is 113 Å². The van der Waals surface area contributed by atoms with Gasteiger partial charge in [0, 0.05) is 23.6 Å². The first-order valence-electron chi connectivity index (χ1n) is 10.1. The molecule has 0 saturated heterocycles. The summed E-state index contributed by atoms with van der Waals surface area (Å²) >= 11 is 7.40. The third kappa shape index (κ3) is 5.81. The molecule has 4 rings (SSSR count). The minimum atomic E-state index is -0.293. The average Bonchev–Trinajstić information content (AvgIpc) is 3.27. The van der Waals surface area contributed by atoms with Crippen molar-refractivity contribution in [1.29, 1.82) is 0 Å². The van der Waals surface area contributed by atoms with Crippen LogP contribution in [-0.4, -0.2) is 22.6 Å². The maximum absolute atomic E-state index is 12.2. The number of aromatic nitrogens is 2. The summed E-state index contributed by atoms with van der Waals surface area (Å²) < 4.78 is 0. The van der Waals surface area contributed by atoms with Crippen molar-refractivity contribution in [2.24, 2.45) is 0 Å². The van der Waals surface area contributed by atoms with E-state index in [0.717, 1.165) is 5.56 Å². The molecule has 0 saturated carbocycles. The van der Waals surface area contributed by atoms with Gasteiger partial charge in [0.05, 0.1) is 0 Å². The number of anilines is 2. The first kappa shape index (κ1) is 21.7. The van der Waals surface area contributed by atoms with Gasteiger partial charge >= 0.3 is 0 Å². The molecular weight excluding hydrogens is 440 g/mol. The van der Waals surface area contributed by atoms with Crippen molar-refractivity contribution in [3.63, 3.8) is 0 Å². The summed E-state index contributed by atoms with van der Waals surface area (Å²) in [4.78, 5) is 12.2. The smallest absolute Gasteiger partial charge is 0.250 e. The van der Waals surface area contributed by atoms with Crippen molar-refractivity contribution >= 4 is 45.2 Å². The predicted octanol–water partition coefficient (Wildman–Crippen LogP) is 6.09. The van der Waals surface area contributed by atoms with E-state index < -0.39 is 0 Å². The van der Waals surface area contributed by atoms with Crippen molar-refractivity contribution in [2.75, 3.05) is 17.2 Å². The normalized spacial score (nSPS) is 11.1. The lowest BCUT2D eigenvalue weighted by atomic mass is 9.91. The monoisotopic (exact) mass is 460 g/mol. The van der Waals surface area contributed by atoms with Gasteiger partial charge in [-0.1, -0.05) is 102 Å². The molecule has 3 aromatic carbocycles. The van der Waals surface area contributed by atoms with Gasteiger partial charge in [0.25, 0.3) is 0 Å². The third-order valence-electron chi connectivity index (χ3n) is 4.84. The number of halogens is 1. The summed E-state index contributed by atoms with van der Waals surface area (Å²) in [5, 5.41) is 16.0. The molecule has 4 aromatic rings. The molecule has 0 unspecified atom stereocenters. The van der Waals surface area contributed by atoms with Crippen LogP contribution in [0.15, 0.2) is 91.0 Å². The Morgan fingerprint density at radius 1 is 0.875 bits per heavy atom. The number of hydrogen-bond acceptors (Lipinski definition) is 5. The average molecular weight is 461 g/mol. The molecule has 7 heteroatoms. The molecule has 0 fully saturated rings. The van der Waals surface area contributed by atoms with Crippen LogP contribution in [0.4, 0.5) is 10.3 Å². The van der Waals surface area contributed by atoms with Gasteiger partial charge in [0.15, 0.2) is 0 Å². The Labute approximate surface area is 195 Å². The lowest BCUT2D eigenvalue weighted by Gasteiger charge is -2.18. The van der Waals surface area contributed by atoms with Crippen LogP contribution in [0.3, 0.4) is 0 Å². The zero-order chi connectivity index (χ0) is 22.2. The topological polar surface area (TPSA) is 66.9 Å². The largest absolute Gasteiger partial charge is 0.359 e. The van der Waals surface area contributed by atoms with Crippen molar-refractivity contribution in [1.82, 2.24) is 10.2 Å². The van der Waals surface area contributed by atoms with Gasteiger partial charge in [0.2, 0.25) is 16.2 Å². The molecule has 0 spiro atoms. The van der Waals surface area contributed by atoms with Gasteiger partial charge in [-0.05, 0) is 28.8 Å². The number of nitrogens with zero attached hydrogens (tertiary/aromatic N) is 2. The highest BCUT2D eigenvalue weighted by molar-refractivity contribution is 7.19. The van der Waals surface area contributed by atoms with Crippen LogP contribution in [0.5, 0.6) is 0 Å². The summed E-state index contributed by atoms with van der Waals surface area (Å²) in [5.74, 6) is -0.128. The van der Waals surface area contributed by atoms with Crippen LogP contribution in [0.25, 0.3) is 6.08 Å². The minimum Gasteiger partial charge on any atom is -0.359 e. The second-order valence-corrected chi connectivity index (χ2v) is 8.40. The molecule has 5 nitrogen and oxygen atoms in total. The van der Waals surface area contributed by atoms with Gasteiger partial charge in [-0.3, -0.25) is 10.1 Å². The highest BCUT2D eigenvalue weighted by atomic mass is 35.5. The molecule has 1 heterocycles. The van der Waals surface area contributed by atoms with Gasteiger partial charge in [-0.15, -0.1) is 10.2 Å². The van der Waals surface area contributed by atoms with E-state index in [2.05, 4.69) is 45.1 Å². The minimum absolute atomic E-state index is 0.165. The Bertz CT molecular complexity index is 1160. The van der Waals surface area contributed by atoms with E-state index in [4.69, 9.17) is 11.6 Å². The van der Waals surface area contributed by atoms with Crippen LogP contribution >= 0.6 is 22.9 Å². The van der Waals surface area contributed by atoms with Crippen LogP contribution in [0.1, 0.15) is 22.6 Å². The standard InChI is InChI=1S/C25H21ClN4OS/c26-22-14-8-7-13-20(22)15-16-23(31)28-25-30-29-24(32-25)27-17-21(18-9-3-1-4-10-18)19-11-5-2-6-12-19/h1-16,21H,17H2,(H,27,29)(H,28,30,31). The molecule has 0 atom stereocenters. The number of carbonyl (C=O) groups is 1. The van der Waals surface area contributed by atoms with Crippen LogP contribution in [0.2, 0.25) is 5.02 Å². The lowest BCUT2D eigenvalue weighted by Crippen LogP contribution is -2.14. The number of benzene rings is 3. The van der Waals surface area contributed by atoms with Crippen LogP contribution < -0.4 is 10.6 Å². The highest BCUT2D eigenvalue weighted by Crippen LogP contribution is 2.27. The predicted molar refractivity (Wildman–Crippen MR) is 132 cm³/mol. The molecule has 1 aromatic heterocycles. The van der Waals surface area contributed by atoms with Gasteiger partial charge < -0.3 is 5.32 Å². The maximum Gasteiger partial charge on any atom is 0.250 e. The molecule has 0 aliphatic carbocycles. The fraction of sp³-hybridized carbons (Fsp3) is 0.0800. The van der Waals surface area contributed by atoms with Crippen molar-refractivity contribution in [2.45, 2.75) is 5.92 Å². The first-order chi connectivity index (χ1) is 15.7. The number of hydrogen-bond donors (Lipinski definition) is 2. The molecule has 0 radical (unpaired) electrons. The molecule has 0 aliphatic rings. The van der Waals surface area contributed by atoms with E-state index in [1.54, 1.807) is 12.1 Å². The SMILES string of the molecule is O=C(C=Cc1ccccc1Cl)Nc1nnc(NCC(c2ccccc2)c2ccccc2)s1. The van der Waals surface area contributed by atoms with Crippen LogP contribution in [0, 0.1) is 0 Å². The molecular formula is C25H21ClN4OS. The van der Waals surface area contributed by atoms with E-state index in [-0.39, 0.29) is 11.8 Å². The lowest BCUT2D eigenvalue weighted by molar-refractivity contribution is -0.111. The third-order valence-corrected chi connectivity index (χ3v) is 5.98. The summed E-state index contributed by atoms with van der Waals surface area (Å²) in [6.45, 7) is 0.656. The van der Waals surface area contributed by atoms with Crippen molar-refractivity contribution in [3.8, 4) is 0 Å². The maximum atomic E-state index is 12.2. The second-order valence-electron chi connectivity index (χ2n) is 7.01. The molecule has 0 bridgehead atoms. The Morgan fingerprint density at radius 3 is 2.12 bits per heavy atom. The zero-order valence-corrected chi connectivity index (χ0v) is 18.7. The van der Waals surface area contributed by atoms with E-state index in [9.17, 15) is 4.79 Å². The number of nitrogens with one attached hydrogen (secondary N) is 2. The fourth-order valence-corrected chi connectivity index (χ4v) is 4.11. The molecule has 32 heavy (non-hydrogen) atoms. The highest BCUT2D eigenvalue weighted by Gasteiger charge is 2.15. The number of rotatable bonds is 8. The van der Waals surface area contributed by atoms with Crippen molar-refractivity contribution < 1.29 is 4.79 Å². The summed E-state index contributed by atoms with van der Waals surface area (Å²) in [6.07, 6.45) is 3.10. The zero-order valence-electron chi connectivity index (χ0n) is 17.1. The Kier molecular flexibility index (Phi) is 7.27. The fourth-order valence-electron chi connectivity index (χ4n) is 3.26. The van der Waals surface area contributed by atoms with E-state index in [1.165, 1.54) is 28.5 Å². The first-order valence-corrected chi connectivity index (χ1v) is 11.3. The van der Waals surface area contributed by atoms with Gasteiger partial charge in [0.1, 0.15) is 0 Å². The molecule has 2 N–H and O–H groups in total. The summed E-state index contributed by atoms with van der Waals surface area (Å²) in [7, 11) is 0. The quantitative estimate of drug-likeness (QED) is 0.312. The summed E-state index contributed by atoms with van der Waals surface area (Å²) in [6, 6.07) is 28.0. The molecule has 1 amide bonds.